The van der Waals surface area contributed by atoms with Crippen molar-refractivity contribution in [1.29, 1.82) is 0 Å². The molecular formula is C16H12NNaO5. The van der Waals surface area contributed by atoms with Crippen LogP contribution in [0.3, 0.4) is 0 Å². The molecule has 2 aromatic heterocycles. The van der Waals surface area contributed by atoms with Gasteiger partial charge in [0.1, 0.15) is 5.58 Å². The Morgan fingerprint density at radius 2 is 1.96 bits per heavy atom. The van der Waals surface area contributed by atoms with Gasteiger partial charge in [-0.15, -0.1) is 0 Å². The summed E-state index contributed by atoms with van der Waals surface area (Å²) in [6.45, 7) is 1.94. The Kier molecular flexibility index (Phi) is 5.09. The quantitative estimate of drug-likeness (QED) is 0.442. The molecule has 0 spiro atoms. The van der Waals surface area contributed by atoms with Gasteiger partial charge in [-0.3, -0.25) is 9.59 Å². The molecule has 0 fully saturated rings. The molecular weight excluding hydrogens is 309 g/mol. The number of aromatic nitrogens is 1. The van der Waals surface area contributed by atoms with E-state index < -0.39 is 11.4 Å². The molecule has 3 rings (SSSR count). The van der Waals surface area contributed by atoms with Crippen molar-refractivity contribution in [2.75, 3.05) is 0 Å². The average molecular weight is 321 g/mol. The van der Waals surface area contributed by atoms with E-state index in [9.17, 15) is 19.5 Å². The second-order valence-electron chi connectivity index (χ2n) is 5.02. The Morgan fingerprint density at radius 1 is 1.22 bits per heavy atom. The summed E-state index contributed by atoms with van der Waals surface area (Å²) in [4.78, 5) is 37.9. The molecule has 0 aliphatic heterocycles. The van der Waals surface area contributed by atoms with E-state index in [4.69, 9.17) is 4.42 Å². The van der Waals surface area contributed by atoms with Gasteiger partial charge < -0.3 is 19.3 Å². The third-order valence-electron chi connectivity index (χ3n) is 3.57. The average Bonchev–Trinajstić information content (AvgIpc) is 2.48. The Hall–Kier alpha value is -1.89. The molecule has 7 heteroatoms. The van der Waals surface area contributed by atoms with E-state index in [-0.39, 0.29) is 46.1 Å². The Bertz CT molecular complexity index is 1020. The molecule has 3 aromatic rings. The first-order valence-corrected chi connectivity index (χ1v) is 6.84. The zero-order valence-corrected chi connectivity index (χ0v) is 14.8. The topological polar surface area (TPSA) is 103 Å². The minimum absolute atomic E-state index is 0. The van der Waals surface area contributed by atoms with Gasteiger partial charge in [-0.25, -0.2) is 0 Å². The van der Waals surface area contributed by atoms with E-state index in [1.54, 1.807) is 0 Å². The number of carbonyl (C=O) groups is 1. The number of H-pyrrole nitrogens is 1. The third kappa shape index (κ3) is 2.97. The number of pyridine rings is 1. The molecule has 23 heavy (non-hydrogen) atoms. The zero-order valence-electron chi connectivity index (χ0n) is 12.8. The molecule has 0 radical (unpaired) electrons. The van der Waals surface area contributed by atoms with Crippen LogP contribution in [-0.2, 0) is 6.42 Å². The van der Waals surface area contributed by atoms with Gasteiger partial charge in [0, 0.05) is 23.1 Å². The number of carbonyl (C=O) groups excluding carboxylic acids is 1. The monoisotopic (exact) mass is 321 g/mol. The van der Waals surface area contributed by atoms with Crippen molar-refractivity contribution in [2.24, 2.45) is 0 Å². The van der Waals surface area contributed by atoms with E-state index in [1.165, 1.54) is 18.4 Å². The van der Waals surface area contributed by atoms with Crippen LogP contribution < -0.4 is 45.5 Å². The maximum absolute atomic E-state index is 12.2. The van der Waals surface area contributed by atoms with Crippen molar-refractivity contribution in [3.05, 3.63) is 56.2 Å². The summed E-state index contributed by atoms with van der Waals surface area (Å²) in [5, 5.41) is 11.6. The van der Waals surface area contributed by atoms with Crippen molar-refractivity contribution < 1.29 is 43.9 Å². The Labute approximate surface area is 152 Å². The maximum Gasteiger partial charge on any atom is 1.00 e. The molecule has 0 saturated carbocycles. The molecule has 112 valence electrons. The van der Waals surface area contributed by atoms with E-state index in [1.807, 2.05) is 6.92 Å². The zero-order chi connectivity index (χ0) is 15.9. The van der Waals surface area contributed by atoms with E-state index >= 15 is 0 Å². The van der Waals surface area contributed by atoms with Gasteiger partial charge in [0.25, 0.3) is 0 Å². The summed E-state index contributed by atoms with van der Waals surface area (Å²) in [6, 6.07) is 3.69. The van der Waals surface area contributed by atoms with Crippen LogP contribution >= 0.6 is 0 Å². The van der Waals surface area contributed by atoms with Crippen LogP contribution in [-0.4, -0.2) is 11.0 Å². The number of carboxylic acids is 1. The number of aryl methyl sites for hydroxylation is 1. The summed E-state index contributed by atoms with van der Waals surface area (Å²) in [5.74, 6) is -1.46. The van der Waals surface area contributed by atoms with Crippen LogP contribution in [0.15, 0.2) is 38.5 Å². The van der Waals surface area contributed by atoms with E-state index in [0.717, 1.165) is 12.5 Å². The molecule has 0 aliphatic carbocycles. The van der Waals surface area contributed by atoms with Gasteiger partial charge >= 0.3 is 29.6 Å². The fraction of sp³-hybridized carbons (Fsp3) is 0.188. The predicted octanol–water partition coefficient (Wildman–Crippen LogP) is -2.05. The normalized spacial score (nSPS) is 10.7. The number of carboxylic acid groups (broad SMARTS) is 1. The summed E-state index contributed by atoms with van der Waals surface area (Å²) in [7, 11) is 0. The van der Waals surface area contributed by atoms with Crippen LogP contribution in [0.5, 0.6) is 0 Å². The van der Waals surface area contributed by atoms with Crippen molar-refractivity contribution in [1.82, 2.24) is 4.98 Å². The molecule has 0 aliphatic rings. The van der Waals surface area contributed by atoms with Gasteiger partial charge in [-0.05, 0) is 12.5 Å². The smallest absolute Gasteiger partial charge is 0.543 e. The second kappa shape index (κ2) is 6.70. The number of benzene rings is 1. The minimum Gasteiger partial charge on any atom is -0.543 e. The van der Waals surface area contributed by atoms with Crippen LogP contribution in [0, 0.1) is 0 Å². The summed E-state index contributed by atoms with van der Waals surface area (Å²) in [6.07, 6.45) is 2.56. The molecule has 0 amide bonds. The Balaban J connectivity index is 0.00000192. The van der Waals surface area contributed by atoms with Crippen molar-refractivity contribution in [3.8, 4) is 0 Å². The van der Waals surface area contributed by atoms with E-state index in [2.05, 4.69) is 4.98 Å². The number of rotatable bonds is 3. The first-order valence-electron chi connectivity index (χ1n) is 6.84. The van der Waals surface area contributed by atoms with Crippen molar-refractivity contribution in [2.45, 2.75) is 19.8 Å². The van der Waals surface area contributed by atoms with Crippen LogP contribution in [0.25, 0.3) is 21.9 Å². The molecule has 0 unspecified atom stereocenters. The number of aromatic amines is 1. The standard InChI is InChI=1S/C16H13NO5.Na/c1-2-3-8-14-9(13(19)7-11(17-14)16(20)21)6-10-12(18)4-5-22-15(8)10;/h4-7H,2-3H2,1H3,(H,17,19)(H,20,21);/q;+1/p-1. The number of nitrogens with one attached hydrogen (secondary N) is 1. The molecule has 0 saturated heterocycles. The molecule has 1 N–H and O–H groups in total. The summed E-state index contributed by atoms with van der Waals surface area (Å²) >= 11 is 0. The Morgan fingerprint density at radius 3 is 2.61 bits per heavy atom. The van der Waals surface area contributed by atoms with E-state index in [0.29, 0.717) is 28.5 Å². The molecule has 1 aromatic carbocycles. The van der Waals surface area contributed by atoms with Crippen LogP contribution in [0.1, 0.15) is 29.4 Å². The van der Waals surface area contributed by atoms with Crippen molar-refractivity contribution >= 4 is 27.8 Å². The number of hydrogen-bond donors (Lipinski definition) is 1. The largest absolute Gasteiger partial charge is 1.00 e. The SMILES string of the molecule is CCCc1c2[nH]c(C(=O)[O-])cc(=O)c2cc2c(=O)ccoc12.[Na+]. The fourth-order valence-corrected chi connectivity index (χ4v) is 2.61. The van der Waals surface area contributed by atoms with Gasteiger partial charge in [-0.1, -0.05) is 13.3 Å². The van der Waals surface area contributed by atoms with Crippen LogP contribution in [0.4, 0.5) is 0 Å². The third-order valence-corrected chi connectivity index (χ3v) is 3.57. The van der Waals surface area contributed by atoms with Gasteiger partial charge in [0.05, 0.1) is 28.8 Å². The van der Waals surface area contributed by atoms with Crippen LogP contribution in [0.2, 0.25) is 0 Å². The first kappa shape index (κ1) is 17.5. The minimum atomic E-state index is -1.46. The predicted molar refractivity (Wildman–Crippen MR) is 78.9 cm³/mol. The van der Waals surface area contributed by atoms with Gasteiger partial charge in [0.15, 0.2) is 10.9 Å². The fourth-order valence-electron chi connectivity index (χ4n) is 2.61. The molecule has 0 bridgehead atoms. The molecule has 2 heterocycles. The number of hydrogen-bond acceptors (Lipinski definition) is 5. The summed E-state index contributed by atoms with van der Waals surface area (Å²) in [5.41, 5.74) is 0.336. The molecule has 6 nitrogen and oxygen atoms in total. The number of aromatic carboxylic acids is 1. The summed E-state index contributed by atoms with van der Waals surface area (Å²) < 4.78 is 5.44. The first-order chi connectivity index (χ1) is 10.5. The second-order valence-corrected chi connectivity index (χ2v) is 5.02. The van der Waals surface area contributed by atoms with Crippen molar-refractivity contribution in [3.63, 3.8) is 0 Å². The number of fused-ring (bicyclic) bond motifs is 2. The maximum atomic E-state index is 12.2. The van der Waals surface area contributed by atoms with Gasteiger partial charge in [-0.2, -0.15) is 0 Å². The molecule has 0 atom stereocenters. The van der Waals surface area contributed by atoms with Gasteiger partial charge in [0.2, 0.25) is 0 Å².